The van der Waals surface area contributed by atoms with Crippen LogP contribution in [-0.4, -0.2) is 21.3 Å². The highest BCUT2D eigenvalue weighted by atomic mass is 32.2. The molecule has 0 N–H and O–H groups in total. The summed E-state index contributed by atoms with van der Waals surface area (Å²) in [5.41, 5.74) is 0.930. The van der Waals surface area contributed by atoms with Gasteiger partial charge < -0.3 is 4.74 Å². The molecule has 0 bridgehead atoms. The molecule has 0 radical (unpaired) electrons. The Balaban J connectivity index is 2.32. The summed E-state index contributed by atoms with van der Waals surface area (Å²) < 4.78 is 27.8. The minimum absolute atomic E-state index is 0.338. The highest BCUT2D eigenvalue weighted by molar-refractivity contribution is 7.90. The van der Waals surface area contributed by atoms with Gasteiger partial charge in [-0.1, -0.05) is 0 Å². The Morgan fingerprint density at radius 3 is 2.33 bits per heavy atom. The molecule has 0 atom stereocenters. The molecule has 0 unspecified atom stereocenters. The summed E-state index contributed by atoms with van der Waals surface area (Å²) in [4.78, 5) is 0.338. The SMILES string of the molecule is CS(=O)(=O)c1ccc(C2=CCCO2)cc1. The zero-order chi connectivity index (χ0) is 10.9. The largest absolute Gasteiger partial charge is 0.493 e. The van der Waals surface area contributed by atoms with Gasteiger partial charge in [0.1, 0.15) is 5.76 Å². The lowest BCUT2D eigenvalue weighted by molar-refractivity contribution is 0.307. The van der Waals surface area contributed by atoms with E-state index in [9.17, 15) is 8.42 Å². The van der Waals surface area contributed by atoms with Crippen molar-refractivity contribution in [3.05, 3.63) is 35.9 Å². The Hall–Kier alpha value is -1.29. The molecule has 1 heterocycles. The summed E-state index contributed by atoms with van der Waals surface area (Å²) in [7, 11) is -3.10. The third-order valence-corrected chi connectivity index (χ3v) is 3.40. The maximum absolute atomic E-state index is 11.2. The lowest BCUT2D eigenvalue weighted by atomic mass is 10.2. The lowest BCUT2D eigenvalue weighted by Gasteiger charge is -2.04. The van der Waals surface area contributed by atoms with Gasteiger partial charge >= 0.3 is 0 Å². The predicted octanol–water partition coefficient (Wildman–Crippen LogP) is 1.85. The molecule has 0 spiro atoms. The van der Waals surface area contributed by atoms with Gasteiger partial charge in [0.15, 0.2) is 9.84 Å². The Labute approximate surface area is 89.3 Å². The molecule has 3 nitrogen and oxygen atoms in total. The number of hydrogen-bond acceptors (Lipinski definition) is 3. The molecule has 1 aliphatic heterocycles. The van der Waals surface area contributed by atoms with Crippen molar-refractivity contribution in [2.24, 2.45) is 0 Å². The van der Waals surface area contributed by atoms with Crippen molar-refractivity contribution in [3.63, 3.8) is 0 Å². The summed E-state index contributed by atoms with van der Waals surface area (Å²) in [6.07, 6.45) is 4.13. The van der Waals surface area contributed by atoms with Gasteiger partial charge in [-0.3, -0.25) is 0 Å². The van der Waals surface area contributed by atoms with Gasteiger partial charge in [-0.25, -0.2) is 8.42 Å². The van der Waals surface area contributed by atoms with Crippen LogP contribution in [0.3, 0.4) is 0 Å². The third-order valence-electron chi connectivity index (χ3n) is 2.27. The molecule has 0 aromatic heterocycles. The highest BCUT2D eigenvalue weighted by Gasteiger charge is 2.10. The quantitative estimate of drug-likeness (QED) is 0.770. The summed E-state index contributed by atoms with van der Waals surface area (Å²) in [5, 5.41) is 0. The fourth-order valence-corrected chi connectivity index (χ4v) is 2.12. The van der Waals surface area contributed by atoms with Gasteiger partial charge in [-0.2, -0.15) is 0 Å². The standard InChI is InChI=1S/C11H12O3S/c1-15(12,13)10-6-4-9(5-7-10)11-3-2-8-14-11/h3-7H,2,8H2,1H3. The van der Waals surface area contributed by atoms with Crippen molar-refractivity contribution in [2.45, 2.75) is 11.3 Å². The van der Waals surface area contributed by atoms with Crippen molar-refractivity contribution in [2.75, 3.05) is 12.9 Å². The van der Waals surface area contributed by atoms with Crippen LogP contribution in [0.2, 0.25) is 0 Å². The summed E-state index contributed by atoms with van der Waals surface area (Å²) in [6.45, 7) is 0.711. The number of rotatable bonds is 2. The van der Waals surface area contributed by atoms with Gasteiger partial charge in [0.05, 0.1) is 11.5 Å². The van der Waals surface area contributed by atoms with Crippen LogP contribution in [0.5, 0.6) is 0 Å². The minimum atomic E-state index is -3.10. The molecule has 0 saturated heterocycles. The van der Waals surface area contributed by atoms with Crippen LogP contribution in [0.1, 0.15) is 12.0 Å². The van der Waals surface area contributed by atoms with Gasteiger partial charge in [0.25, 0.3) is 0 Å². The molecular weight excluding hydrogens is 212 g/mol. The third kappa shape index (κ3) is 2.21. The van der Waals surface area contributed by atoms with Crippen LogP contribution >= 0.6 is 0 Å². The number of hydrogen-bond donors (Lipinski definition) is 0. The van der Waals surface area contributed by atoms with Crippen LogP contribution in [0.15, 0.2) is 35.2 Å². The summed E-state index contributed by atoms with van der Waals surface area (Å²) in [5.74, 6) is 0.843. The second-order valence-corrected chi connectivity index (χ2v) is 5.52. The summed E-state index contributed by atoms with van der Waals surface area (Å²) in [6, 6.07) is 6.75. The molecule has 1 aromatic rings. The molecule has 0 amide bonds. The van der Waals surface area contributed by atoms with Crippen molar-refractivity contribution in [3.8, 4) is 0 Å². The van der Waals surface area contributed by atoms with E-state index in [4.69, 9.17) is 4.74 Å². The van der Waals surface area contributed by atoms with Crippen molar-refractivity contribution in [1.29, 1.82) is 0 Å². The molecule has 2 rings (SSSR count). The van der Waals surface area contributed by atoms with Gasteiger partial charge in [-0.05, 0) is 30.3 Å². The van der Waals surface area contributed by atoms with Gasteiger partial charge in [0.2, 0.25) is 0 Å². The van der Waals surface area contributed by atoms with E-state index in [0.29, 0.717) is 11.5 Å². The first kappa shape index (κ1) is 10.2. The van der Waals surface area contributed by atoms with E-state index in [1.807, 2.05) is 6.08 Å². The van der Waals surface area contributed by atoms with Crippen molar-refractivity contribution < 1.29 is 13.2 Å². The monoisotopic (exact) mass is 224 g/mol. The van der Waals surface area contributed by atoms with E-state index in [-0.39, 0.29) is 0 Å². The Morgan fingerprint density at radius 2 is 1.87 bits per heavy atom. The highest BCUT2D eigenvalue weighted by Crippen LogP contribution is 2.22. The Morgan fingerprint density at radius 1 is 1.20 bits per heavy atom. The lowest BCUT2D eigenvalue weighted by Crippen LogP contribution is -1.97. The fraction of sp³-hybridized carbons (Fsp3) is 0.273. The zero-order valence-electron chi connectivity index (χ0n) is 8.43. The van der Waals surface area contributed by atoms with E-state index in [1.54, 1.807) is 24.3 Å². The number of ether oxygens (including phenoxy) is 1. The van der Waals surface area contributed by atoms with Crippen LogP contribution in [0.4, 0.5) is 0 Å². The molecule has 80 valence electrons. The van der Waals surface area contributed by atoms with Crippen molar-refractivity contribution in [1.82, 2.24) is 0 Å². The first-order valence-electron chi connectivity index (χ1n) is 4.71. The Kier molecular flexibility index (Phi) is 2.52. The van der Waals surface area contributed by atoms with Crippen LogP contribution in [0.25, 0.3) is 5.76 Å². The smallest absolute Gasteiger partial charge is 0.175 e. The second-order valence-electron chi connectivity index (χ2n) is 3.50. The predicted molar refractivity (Wildman–Crippen MR) is 58.1 cm³/mol. The van der Waals surface area contributed by atoms with E-state index >= 15 is 0 Å². The number of benzene rings is 1. The molecule has 0 fully saturated rings. The van der Waals surface area contributed by atoms with Crippen LogP contribution < -0.4 is 0 Å². The first-order chi connectivity index (χ1) is 7.07. The molecule has 15 heavy (non-hydrogen) atoms. The van der Waals surface area contributed by atoms with Gasteiger partial charge in [-0.15, -0.1) is 0 Å². The van der Waals surface area contributed by atoms with E-state index < -0.39 is 9.84 Å². The van der Waals surface area contributed by atoms with E-state index in [1.165, 1.54) is 6.26 Å². The number of sulfone groups is 1. The molecular formula is C11H12O3S. The van der Waals surface area contributed by atoms with E-state index in [0.717, 1.165) is 17.7 Å². The average Bonchev–Trinajstić information content (AvgIpc) is 2.69. The van der Waals surface area contributed by atoms with Crippen LogP contribution in [0, 0.1) is 0 Å². The molecule has 1 aliphatic rings. The van der Waals surface area contributed by atoms with Crippen molar-refractivity contribution >= 4 is 15.6 Å². The summed E-state index contributed by atoms with van der Waals surface area (Å²) >= 11 is 0. The van der Waals surface area contributed by atoms with E-state index in [2.05, 4.69) is 0 Å². The van der Waals surface area contributed by atoms with Crippen LogP contribution in [-0.2, 0) is 14.6 Å². The zero-order valence-corrected chi connectivity index (χ0v) is 9.25. The minimum Gasteiger partial charge on any atom is -0.493 e. The maximum Gasteiger partial charge on any atom is 0.175 e. The normalized spacial score (nSPS) is 15.9. The average molecular weight is 224 g/mol. The molecule has 4 heteroatoms. The molecule has 0 aliphatic carbocycles. The topological polar surface area (TPSA) is 43.4 Å². The molecule has 1 aromatic carbocycles. The fourth-order valence-electron chi connectivity index (χ4n) is 1.49. The van der Waals surface area contributed by atoms with Gasteiger partial charge in [0, 0.05) is 18.2 Å². The first-order valence-corrected chi connectivity index (χ1v) is 6.60. The second kappa shape index (κ2) is 3.70. The molecule has 0 saturated carbocycles. The Bertz CT molecular complexity index is 483. The maximum atomic E-state index is 11.2.